The van der Waals surface area contributed by atoms with Crippen molar-refractivity contribution in [2.75, 3.05) is 0 Å². The van der Waals surface area contributed by atoms with E-state index >= 15 is 0 Å². The first kappa shape index (κ1) is 9.70. The van der Waals surface area contributed by atoms with Crippen molar-refractivity contribution in [3.63, 3.8) is 0 Å². The van der Waals surface area contributed by atoms with Gasteiger partial charge in [0.05, 0.1) is 6.54 Å². The monoisotopic (exact) mass is 210 g/mol. The van der Waals surface area contributed by atoms with E-state index in [4.69, 9.17) is 4.74 Å². The molecule has 1 aromatic rings. The highest BCUT2D eigenvalue weighted by molar-refractivity contribution is 5.71. The van der Waals surface area contributed by atoms with Crippen LogP contribution in [0.2, 0.25) is 0 Å². The standard InChI is InChI=1S/C9H10N2O4/c12-7-3-4-11(9(14)10-7)5-6-1-2-8(13)15-6/h3-4,6H,1-2,5H2,(H,10,12,14). The molecule has 0 aliphatic carbocycles. The molecule has 0 spiro atoms. The minimum Gasteiger partial charge on any atom is -0.460 e. The fourth-order valence-corrected chi connectivity index (χ4v) is 1.52. The summed E-state index contributed by atoms with van der Waals surface area (Å²) in [6.07, 6.45) is 2.14. The molecule has 0 radical (unpaired) electrons. The van der Waals surface area contributed by atoms with Crippen LogP contribution < -0.4 is 11.2 Å². The van der Waals surface area contributed by atoms with Crippen LogP contribution in [-0.4, -0.2) is 21.6 Å². The third-order valence-electron chi connectivity index (χ3n) is 2.27. The molecular weight excluding hydrogens is 200 g/mol. The van der Waals surface area contributed by atoms with Crippen molar-refractivity contribution in [2.45, 2.75) is 25.5 Å². The fraction of sp³-hybridized carbons (Fsp3) is 0.444. The molecule has 0 saturated carbocycles. The van der Waals surface area contributed by atoms with Crippen molar-refractivity contribution in [3.05, 3.63) is 33.1 Å². The van der Waals surface area contributed by atoms with E-state index in [1.165, 1.54) is 16.8 Å². The molecule has 2 rings (SSSR count). The molecule has 6 heteroatoms. The first-order valence-electron chi connectivity index (χ1n) is 4.64. The smallest absolute Gasteiger partial charge is 0.328 e. The van der Waals surface area contributed by atoms with Crippen LogP contribution >= 0.6 is 0 Å². The van der Waals surface area contributed by atoms with Gasteiger partial charge in [0.1, 0.15) is 6.10 Å². The maximum atomic E-state index is 11.3. The summed E-state index contributed by atoms with van der Waals surface area (Å²) in [7, 11) is 0. The summed E-state index contributed by atoms with van der Waals surface area (Å²) < 4.78 is 6.28. The molecule has 1 aromatic heterocycles. The Labute approximate surface area is 84.5 Å². The molecule has 1 atom stereocenters. The van der Waals surface area contributed by atoms with Crippen molar-refractivity contribution in [1.82, 2.24) is 9.55 Å². The lowest BCUT2D eigenvalue weighted by Crippen LogP contribution is -2.32. The molecule has 1 fully saturated rings. The van der Waals surface area contributed by atoms with E-state index in [2.05, 4.69) is 4.98 Å². The summed E-state index contributed by atoms with van der Waals surface area (Å²) in [6.45, 7) is 0.293. The molecule has 1 saturated heterocycles. The summed E-state index contributed by atoms with van der Waals surface area (Å²) in [5, 5.41) is 0. The largest absolute Gasteiger partial charge is 0.460 e. The van der Waals surface area contributed by atoms with E-state index in [1.807, 2.05) is 0 Å². The van der Waals surface area contributed by atoms with Gasteiger partial charge >= 0.3 is 11.7 Å². The van der Waals surface area contributed by atoms with Gasteiger partial charge in [0.25, 0.3) is 5.56 Å². The fourth-order valence-electron chi connectivity index (χ4n) is 1.52. The normalized spacial score (nSPS) is 20.3. The van der Waals surface area contributed by atoms with Crippen LogP contribution in [0.15, 0.2) is 21.9 Å². The van der Waals surface area contributed by atoms with E-state index < -0.39 is 11.2 Å². The molecule has 1 N–H and O–H groups in total. The molecule has 6 nitrogen and oxygen atoms in total. The van der Waals surface area contributed by atoms with Gasteiger partial charge in [-0.2, -0.15) is 0 Å². The summed E-state index contributed by atoms with van der Waals surface area (Å²) in [6, 6.07) is 1.26. The molecule has 0 amide bonds. The van der Waals surface area contributed by atoms with Crippen LogP contribution in [-0.2, 0) is 16.1 Å². The average molecular weight is 210 g/mol. The van der Waals surface area contributed by atoms with Crippen molar-refractivity contribution in [2.24, 2.45) is 0 Å². The first-order valence-corrected chi connectivity index (χ1v) is 4.64. The van der Waals surface area contributed by atoms with Crippen molar-refractivity contribution >= 4 is 5.97 Å². The number of carbonyl (C=O) groups excluding carboxylic acids is 1. The van der Waals surface area contributed by atoms with Gasteiger partial charge in [-0.1, -0.05) is 0 Å². The van der Waals surface area contributed by atoms with Gasteiger partial charge in [0, 0.05) is 18.7 Å². The Morgan fingerprint density at radius 3 is 2.87 bits per heavy atom. The Hall–Kier alpha value is -1.85. The van der Waals surface area contributed by atoms with Gasteiger partial charge in [-0.15, -0.1) is 0 Å². The number of cyclic esters (lactones) is 1. The van der Waals surface area contributed by atoms with E-state index in [-0.39, 0.29) is 12.1 Å². The van der Waals surface area contributed by atoms with Crippen LogP contribution in [0.3, 0.4) is 0 Å². The van der Waals surface area contributed by atoms with Gasteiger partial charge in [0.2, 0.25) is 0 Å². The zero-order chi connectivity index (χ0) is 10.8. The third kappa shape index (κ3) is 2.15. The lowest BCUT2D eigenvalue weighted by atomic mass is 10.2. The molecule has 0 aromatic carbocycles. The molecule has 1 aliphatic heterocycles. The van der Waals surface area contributed by atoms with Crippen LogP contribution in [0.4, 0.5) is 0 Å². The first-order chi connectivity index (χ1) is 7.15. The topological polar surface area (TPSA) is 81.2 Å². The number of rotatable bonds is 2. The van der Waals surface area contributed by atoms with Crippen LogP contribution in [0.1, 0.15) is 12.8 Å². The molecule has 0 bridgehead atoms. The Morgan fingerprint density at radius 2 is 2.27 bits per heavy atom. The van der Waals surface area contributed by atoms with Gasteiger partial charge in [0.15, 0.2) is 0 Å². The number of esters is 1. The quantitative estimate of drug-likeness (QED) is 0.651. The third-order valence-corrected chi connectivity index (χ3v) is 2.27. The summed E-state index contributed by atoms with van der Waals surface area (Å²) in [4.78, 5) is 35.0. The molecule has 2 heterocycles. The van der Waals surface area contributed by atoms with E-state index in [0.717, 1.165) is 0 Å². The van der Waals surface area contributed by atoms with Crippen LogP contribution in [0.25, 0.3) is 0 Å². The lowest BCUT2D eigenvalue weighted by molar-refractivity contribution is -0.141. The zero-order valence-electron chi connectivity index (χ0n) is 7.93. The second-order valence-electron chi connectivity index (χ2n) is 3.41. The number of hydrogen-bond acceptors (Lipinski definition) is 4. The number of aromatic amines is 1. The minimum absolute atomic E-state index is 0.238. The van der Waals surface area contributed by atoms with Gasteiger partial charge < -0.3 is 4.74 Å². The lowest BCUT2D eigenvalue weighted by Gasteiger charge is -2.10. The molecule has 15 heavy (non-hydrogen) atoms. The van der Waals surface area contributed by atoms with Crippen LogP contribution in [0.5, 0.6) is 0 Å². The van der Waals surface area contributed by atoms with E-state index in [9.17, 15) is 14.4 Å². The van der Waals surface area contributed by atoms with E-state index in [1.54, 1.807) is 0 Å². The molecule has 1 unspecified atom stereocenters. The van der Waals surface area contributed by atoms with Gasteiger partial charge in [-0.05, 0) is 6.42 Å². The van der Waals surface area contributed by atoms with Crippen molar-refractivity contribution in [1.29, 1.82) is 0 Å². The van der Waals surface area contributed by atoms with E-state index in [0.29, 0.717) is 19.4 Å². The maximum Gasteiger partial charge on any atom is 0.328 e. The number of nitrogens with zero attached hydrogens (tertiary/aromatic N) is 1. The molecular formula is C9H10N2O4. The van der Waals surface area contributed by atoms with Crippen molar-refractivity contribution in [3.8, 4) is 0 Å². The minimum atomic E-state index is -0.481. The number of hydrogen-bond donors (Lipinski definition) is 1. The maximum absolute atomic E-state index is 11.3. The SMILES string of the molecule is O=C1CCC(Cn2ccc(=O)[nH]c2=O)O1. The highest BCUT2D eigenvalue weighted by atomic mass is 16.5. The number of aromatic nitrogens is 2. The summed E-state index contributed by atoms with van der Waals surface area (Å²) in [5.41, 5.74) is -0.912. The molecule has 1 aliphatic rings. The Morgan fingerprint density at radius 1 is 1.47 bits per heavy atom. The second kappa shape index (κ2) is 3.72. The zero-order valence-corrected chi connectivity index (χ0v) is 7.93. The second-order valence-corrected chi connectivity index (χ2v) is 3.41. The Kier molecular flexibility index (Phi) is 2.40. The number of carbonyl (C=O) groups is 1. The van der Waals surface area contributed by atoms with Crippen LogP contribution in [0, 0.1) is 0 Å². The number of nitrogens with one attached hydrogen (secondary N) is 1. The summed E-state index contributed by atoms with van der Waals surface area (Å²) >= 11 is 0. The highest BCUT2D eigenvalue weighted by Crippen LogP contribution is 2.14. The number of H-pyrrole nitrogens is 1. The summed E-state index contributed by atoms with van der Waals surface area (Å²) in [5.74, 6) is -0.238. The molecule has 80 valence electrons. The average Bonchev–Trinajstić information content (AvgIpc) is 2.56. The van der Waals surface area contributed by atoms with Crippen molar-refractivity contribution < 1.29 is 9.53 Å². The highest BCUT2D eigenvalue weighted by Gasteiger charge is 2.23. The van der Waals surface area contributed by atoms with Gasteiger partial charge in [-0.25, -0.2) is 4.79 Å². The predicted molar refractivity (Wildman–Crippen MR) is 50.4 cm³/mol. The Balaban J connectivity index is 2.14. The number of ether oxygens (including phenoxy) is 1. The predicted octanol–water partition coefficient (Wildman–Crippen LogP) is -0.758. The van der Waals surface area contributed by atoms with Gasteiger partial charge in [-0.3, -0.25) is 19.1 Å². The Bertz CT molecular complexity index is 487.